The molecule has 17 heavy (non-hydrogen) atoms. The number of halogens is 1. The van der Waals surface area contributed by atoms with Crippen molar-refractivity contribution in [2.24, 2.45) is 0 Å². The van der Waals surface area contributed by atoms with Crippen LogP contribution in [0.4, 0.5) is 4.39 Å². The summed E-state index contributed by atoms with van der Waals surface area (Å²) in [7, 11) is 1.85. The number of ether oxygens (including phenoxy) is 1. The molecule has 4 heteroatoms. The van der Waals surface area contributed by atoms with Crippen molar-refractivity contribution in [1.82, 2.24) is 10.3 Å². The summed E-state index contributed by atoms with van der Waals surface area (Å²) >= 11 is 0. The van der Waals surface area contributed by atoms with Gasteiger partial charge >= 0.3 is 0 Å². The molecule has 0 radical (unpaired) electrons. The van der Waals surface area contributed by atoms with E-state index in [1.807, 2.05) is 13.1 Å². The molecule has 0 fully saturated rings. The average molecular weight is 232 g/mol. The zero-order valence-electron chi connectivity index (χ0n) is 9.48. The van der Waals surface area contributed by atoms with Gasteiger partial charge in [-0.2, -0.15) is 0 Å². The first-order valence-electron chi connectivity index (χ1n) is 5.30. The Kier molecular flexibility index (Phi) is 3.67. The van der Waals surface area contributed by atoms with Crippen molar-refractivity contribution < 1.29 is 9.13 Å². The lowest BCUT2D eigenvalue weighted by molar-refractivity contribution is 0.440. The van der Waals surface area contributed by atoms with Crippen LogP contribution in [-0.2, 0) is 6.54 Å². The second-order valence-electron chi connectivity index (χ2n) is 3.59. The van der Waals surface area contributed by atoms with Gasteiger partial charge in [-0.05, 0) is 30.8 Å². The molecule has 1 heterocycles. The average Bonchev–Trinajstić information content (AvgIpc) is 2.33. The van der Waals surface area contributed by atoms with E-state index in [2.05, 4.69) is 10.3 Å². The first kappa shape index (κ1) is 11.5. The van der Waals surface area contributed by atoms with Crippen LogP contribution in [0.3, 0.4) is 0 Å². The minimum Gasteiger partial charge on any atom is -0.453 e. The maximum Gasteiger partial charge on any atom is 0.165 e. The van der Waals surface area contributed by atoms with Gasteiger partial charge in [-0.3, -0.25) is 4.98 Å². The van der Waals surface area contributed by atoms with Crippen molar-refractivity contribution in [3.05, 3.63) is 54.1 Å². The maximum absolute atomic E-state index is 13.4. The Morgan fingerprint density at radius 2 is 2.12 bits per heavy atom. The maximum atomic E-state index is 13.4. The molecular formula is C13H13FN2O. The fourth-order valence-electron chi connectivity index (χ4n) is 1.47. The number of nitrogens with zero attached hydrogens (tertiary/aromatic N) is 1. The van der Waals surface area contributed by atoms with Gasteiger partial charge in [0.25, 0.3) is 0 Å². The minimum atomic E-state index is -0.383. The molecule has 0 bridgehead atoms. The lowest BCUT2D eigenvalue weighted by atomic mass is 10.3. The zero-order chi connectivity index (χ0) is 12.1. The van der Waals surface area contributed by atoms with Crippen LogP contribution in [0.15, 0.2) is 42.7 Å². The van der Waals surface area contributed by atoms with E-state index in [0.29, 0.717) is 12.3 Å². The second-order valence-corrected chi connectivity index (χ2v) is 3.59. The van der Waals surface area contributed by atoms with Crippen LogP contribution in [0.5, 0.6) is 11.5 Å². The van der Waals surface area contributed by atoms with Crippen molar-refractivity contribution in [3.8, 4) is 11.5 Å². The van der Waals surface area contributed by atoms with Crippen LogP contribution < -0.4 is 10.1 Å². The third-order valence-corrected chi connectivity index (χ3v) is 2.22. The molecule has 0 saturated carbocycles. The standard InChI is InChI=1S/C13H13FN2O/c1-15-7-10-6-11(9-16-8-10)17-13-5-3-2-4-12(13)14/h2-6,8-9,15H,7H2,1H3. The van der Waals surface area contributed by atoms with Crippen LogP contribution in [-0.4, -0.2) is 12.0 Å². The molecule has 1 aromatic heterocycles. The molecule has 0 saturated heterocycles. The largest absolute Gasteiger partial charge is 0.453 e. The van der Waals surface area contributed by atoms with Gasteiger partial charge in [-0.25, -0.2) is 4.39 Å². The molecular weight excluding hydrogens is 219 g/mol. The molecule has 0 aliphatic carbocycles. The summed E-state index contributed by atoms with van der Waals surface area (Å²) in [4.78, 5) is 4.04. The molecule has 0 aliphatic rings. The number of pyridine rings is 1. The van der Waals surface area contributed by atoms with E-state index < -0.39 is 0 Å². The molecule has 1 N–H and O–H groups in total. The van der Waals surface area contributed by atoms with Gasteiger partial charge in [-0.15, -0.1) is 0 Å². The summed E-state index contributed by atoms with van der Waals surface area (Å²) in [6, 6.07) is 8.12. The summed E-state index contributed by atoms with van der Waals surface area (Å²) in [5, 5.41) is 3.02. The monoisotopic (exact) mass is 232 g/mol. The minimum absolute atomic E-state index is 0.205. The summed E-state index contributed by atoms with van der Waals surface area (Å²) < 4.78 is 18.8. The van der Waals surface area contributed by atoms with Crippen molar-refractivity contribution in [1.29, 1.82) is 0 Å². The van der Waals surface area contributed by atoms with Crippen molar-refractivity contribution in [2.45, 2.75) is 6.54 Å². The van der Waals surface area contributed by atoms with E-state index in [9.17, 15) is 4.39 Å². The molecule has 0 unspecified atom stereocenters. The fourth-order valence-corrected chi connectivity index (χ4v) is 1.47. The van der Waals surface area contributed by atoms with Gasteiger partial charge < -0.3 is 10.1 Å². The highest BCUT2D eigenvalue weighted by Gasteiger charge is 2.04. The summed E-state index contributed by atoms with van der Waals surface area (Å²) in [5.74, 6) is 0.352. The predicted octanol–water partition coefficient (Wildman–Crippen LogP) is 2.73. The highest BCUT2D eigenvalue weighted by Crippen LogP contribution is 2.23. The predicted molar refractivity (Wildman–Crippen MR) is 63.5 cm³/mol. The van der Waals surface area contributed by atoms with Gasteiger partial charge in [0.2, 0.25) is 0 Å². The molecule has 0 atom stereocenters. The van der Waals surface area contributed by atoms with Crippen LogP contribution in [0.25, 0.3) is 0 Å². The molecule has 2 rings (SSSR count). The van der Waals surface area contributed by atoms with Crippen LogP contribution >= 0.6 is 0 Å². The first-order chi connectivity index (χ1) is 8.29. The number of para-hydroxylation sites is 1. The molecule has 3 nitrogen and oxygen atoms in total. The van der Waals surface area contributed by atoms with E-state index in [1.54, 1.807) is 30.6 Å². The molecule has 0 aliphatic heterocycles. The lowest BCUT2D eigenvalue weighted by Gasteiger charge is -2.07. The van der Waals surface area contributed by atoms with Crippen LogP contribution in [0.2, 0.25) is 0 Å². The summed E-state index contributed by atoms with van der Waals surface area (Å²) in [6.07, 6.45) is 3.30. The smallest absolute Gasteiger partial charge is 0.165 e. The number of hydrogen-bond acceptors (Lipinski definition) is 3. The molecule has 0 spiro atoms. The molecule has 2 aromatic rings. The quantitative estimate of drug-likeness (QED) is 0.880. The summed E-state index contributed by atoms with van der Waals surface area (Å²) in [5.41, 5.74) is 0.987. The third kappa shape index (κ3) is 3.01. The van der Waals surface area contributed by atoms with Gasteiger partial charge in [0.1, 0.15) is 5.75 Å². The lowest BCUT2D eigenvalue weighted by Crippen LogP contribution is -2.05. The summed E-state index contributed by atoms with van der Waals surface area (Å²) in [6.45, 7) is 0.696. The van der Waals surface area contributed by atoms with Crippen molar-refractivity contribution >= 4 is 0 Å². The van der Waals surface area contributed by atoms with Gasteiger partial charge in [0.05, 0.1) is 6.20 Å². The zero-order valence-corrected chi connectivity index (χ0v) is 9.48. The van der Waals surface area contributed by atoms with Gasteiger partial charge in [0.15, 0.2) is 11.6 Å². The second kappa shape index (κ2) is 5.41. The van der Waals surface area contributed by atoms with Gasteiger partial charge in [0, 0.05) is 12.7 Å². The Hall–Kier alpha value is -1.94. The number of hydrogen-bond donors (Lipinski definition) is 1. The Morgan fingerprint density at radius 1 is 1.29 bits per heavy atom. The van der Waals surface area contributed by atoms with Gasteiger partial charge in [-0.1, -0.05) is 12.1 Å². The highest BCUT2D eigenvalue weighted by atomic mass is 19.1. The van der Waals surface area contributed by atoms with E-state index >= 15 is 0 Å². The Balaban J connectivity index is 2.18. The Bertz CT molecular complexity index is 502. The van der Waals surface area contributed by atoms with E-state index in [1.165, 1.54) is 6.07 Å². The highest BCUT2D eigenvalue weighted by molar-refractivity contribution is 5.32. The number of rotatable bonds is 4. The number of aromatic nitrogens is 1. The van der Waals surface area contributed by atoms with Crippen molar-refractivity contribution in [2.75, 3.05) is 7.05 Å². The van der Waals surface area contributed by atoms with Crippen LogP contribution in [0.1, 0.15) is 5.56 Å². The normalized spacial score (nSPS) is 10.2. The molecule has 0 amide bonds. The molecule has 1 aromatic carbocycles. The van der Waals surface area contributed by atoms with E-state index in [4.69, 9.17) is 4.74 Å². The van der Waals surface area contributed by atoms with Crippen molar-refractivity contribution in [3.63, 3.8) is 0 Å². The SMILES string of the molecule is CNCc1cncc(Oc2ccccc2F)c1. The number of benzene rings is 1. The Morgan fingerprint density at radius 3 is 2.88 bits per heavy atom. The first-order valence-corrected chi connectivity index (χ1v) is 5.30. The fraction of sp³-hybridized carbons (Fsp3) is 0.154. The third-order valence-electron chi connectivity index (χ3n) is 2.22. The Labute approximate surface area is 99.3 Å². The number of nitrogens with one attached hydrogen (secondary N) is 1. The van der Waals surface area contributed by atoms with Crippen LogP contribution in [0, 0.1) is 5.82 Å². The van der Waals surface area contributed by atoms with E-state index in [0.717, 1.165) is 5.56 Å². The topological polar surface area (TPSA) is 34.2 Å². The van der Waals surface area contributed by atoms with E-state index in [-0.39, 0.29) is 11.6 Å². The molecule has 88 valence electrons.